The van der Waals surface area contributed by atoms with Gasteiger partial charge in [-0.25, -0.2) is 4.98 Å². The number of rotatable bonds is 4. The Bertz CT molecular complexity index is 1080. The second-order valence-corrected chi connectivity index (χ2v) is 6.76. The Balaban J connectivity index is 1.59. The second kappa shape index (κ2) is 6.52. The highest BCUT2D eigenvalue weighted by Gasteiger charge is 2.17. The zero-order valence-corrected chi connectivity index (χ0v) is 14.2. The van der Waals surface area contributed by atoms with Gasteiger partial charge in [-0.2, -0.15) is 0 Å². The first-order valence-corrected chi connectivity index (χ1v) is 8.63. The van der Waals surface area contributed by atoms with Crippen LogP contribution in [0.3, 0.4) is 0 Å². The van der Waals surface area contributed by atoms with E-state index < -0.39 is 0 Å². The Hall–Kier alpha value is -2.93. The average molecular weight is 350 g/mol. The van der Waals surface area contributed by atoms with Crippen LogP contribution >= 0.6 is 11.8 Å². The van der Waals surface area contributed by atoms with Crippen molar-refractivity contribution in [3.8, 4) is 11.5 Å². The van der Waals surface area contributed by atoms with E-state index in [1.54, 1.807) is 6.07 Å². The summed E-state index contributed by atoms with van der Waals surface area (Å²) in [5, 5.41) is 9.01. The maximum atomic E-state index is 12.2. The highest BCUT2D eigenvalue weighted by atomic mass is 32.2. The standard InChI is InChI=1S/C18H14N4O2S/c1-11(15-19-14-10-6-5-9-13(14)16(23)20-15)25-18-22-21-17(24-18)12-7-3-2-4-8-12/h2-11H,1H3,(H,19,20,23). The first-order chi connectivity index (χ1) is 12.2. The highest BCUT2D eigenvalue weighted by Crippen LogP contribution is 2.33. The van der Waals surface area contributed by atoms with Crippen LogP contribution in [0.1, 0.15) is 18.0 Å². The SMILES string of the molecule is CC(Sc1nnc(-c2ccccc2)o1)c1nc2ccccc2c(=O)[nH]1. The summed E-state index contributed by atoms with van der Waals surface area (Å²) in [6.45, 7) is 1.93. The Morgan fingerprint density at radius 2 is 1.80 bits per heavy atom. The summed E-state index contributed by atoms with van der Waals surface area (Å²) in [5.41, 5.74) is 1.39. The molecule has 6 nitrogen and oxygen atoms in total. The Labute approximate surface area is 147 Å². The normalized spacial score (nSPS) is 12.4. The van der Waals surface area contributed by atoms with Crippen molar-refractivity contribution in [1.82, 2.24) is 20.2 Å². The Kier molecular flexibility index (Phi) is 4.07. The minimum Gasteiger partial charge on any atom is -0.411 e. The van der Waals surface area contributed by atoms with Crippen molar-refractivity contribution in [3.63, 3.8) is 0 Å². The van der Waals surface area contributed by atoms with Gasteiger partial charge in [-0.05, 0) is 31.2 Å². The lowest BCUT2D eigenvalue weighted by Crippen LogP contribution is -2.12. The monoisotopic (exact) mass is 350 g/mol. The van der Waals surface area contributed by atoms with E-state index in [1.807, 2.05) is 55.5 Å². The third kappa shape index (κ3) is 3.18. The van der Waals surface area contributed by atoms with Crippen molar-refractivity contribution in [2.75, 3.05) is 0 Å². The number of benzene rings is 2. The van der Waals surface area contributed by atoms with E-state index in [2.05, 4.69) is 20.2 Å². The molecule has 0 aliphatic carbocycles. The van der Waals surface area contributed by atoms with Gasteiger partial charge in [0.1, 0.15) is 5.82 Å². The summed E-state index contributed by atoms with van der Waals surface area (Å²) in [6, 6.07) is 16.8. The summed E-state index contributed by atoms with van der Waals surface area (Å²) < 4.78 is 5.70. The van der Waals surface area contributed by atoms with Crippen molar-refractivity contribution in [1.29, 1.82) is 0 Å². The van der Waals surface area contributed by atoms with E-state index in [0.29, 0.717) is 27.8 Å². The number of para-hydroxylation sites is 1. The topological polar surface area (TPSA) is 84.7 Å². The summed E-state index contributed by atoms with van der Waals surface area (Å²) in [7, 11) is 0. The number of thioether (sulfide) groups is 1. The zero-order chi connectivity index (χ0) is 17.2. The van der Waals surface area contributed by atoms with Crippen molar-refractivity contribution < 1.29 is 4.42 Å². The predicted molar refractivity (Wildman–Crippen MR) is 96.4 cm³/mol. The summed E-state index contributed by atoms with van der Waals surface area (Å²) in [6.07, 6.45) is 0. The largest absolute Gasteiger partial charge is 0.411 e. The van der Waals surface area contributed by atoms with Crippen LogP contribution in [-0.2, 0) is 0 Å². The molecule has 2 heterocycles. The number of hydrogen-bond donors (Lipinski definition) is 1. The molecule has 0 saturated carbocycles. The molecule has 0 amide bonds. The molecular formula is C18H14N4O2S. The number of aromatic amines is 1. The van der Waals surface area contributed by atoms with Gasteiger partial charge in [0.15, 0.2) is 0 Å². The van der Waals surface area contributed by atoms with Gasteiger partial charge in [0, 0.05) is 5.56 Å². The van der Waals surface area contributed by atoms with Crippen LogP contribution in [0.15, 0.2) is 69.0 Å². The maximum Gasteiger partial charge on any atom is 0.277 e. The molecule has 7 heteroatoms. The van der Waals surface area contributed by atoms with Gasteiger partial charge in [-0.15, -0.1) is 10.2 Å². The molecule has 4 rings (SSSR count). The van der Waals surface area contributed by atoms with Gasteiger partial charge in [0.05, 0.1) is 16.2 Å². The van der Waals surface area contributed by atoms with Crippen molar-refractivity contribution >= 4 is 22.7 Å². The van der Waals surface area contributed by atoms with Gasteiger partial charge < -0.3 is 9.40 Å². The minimum absolute atomic E-state index is 0.138. The van der Waals surface area contributed by atoms with Gasteiger partial charge in [-0.3, -0.25) is 4.79 Å². The number of hydrogen-bond acceptors (Lipinski definition) is 6. The molecule has 0 spiro atoms. The summed E-state index contributed by atoms with van der Waals surface area (Å²) in [4.78, 5) is 19.6. The molecule has 124 valence electrons. The fourth-order valence-corrected chi connectivity index (χ4v) is 3.20. The highest BCUT2D eigenvalue weighted by molar-refractivity contribution is 7.99. The van der Waals surface area contributed by atoms with Crippen LogP contribution in [-0.4, -0.2) is 20.2 Å². The first kappa shape index (κ1) is 15.6. The molecule has 0 fully saturated rings. The van der Waals surface area contributed by atoms with E-state index in [4.69, 9.17) is 4.42 Å². The molecule has 0 radical (unpaired) electrons. The van der Waals surface area contributed by atoms with Crippen LogP contribution in [0.2, 0.25) is 0 Å². The van der Waals surface area contributed by atoms with Gasteiger partial charge >= 0.3 is 0 Å². The number of aromatic nitrogens is 4. The minimum atomic E-state index is -0.149. The smallest absolute Gasteiger partial charge is 0.277 e. The number of H-pyrrole nitrogens is 1. The van der Waals surface area contributed by atoms with Crippen LogP contribution in [0.4, 0.5) is 0 Å². The van der Waals surface area contributed by atoms with E-state index in [9.17, 15) is 4.79 Å². The molecule has 1 unspecified atom stereocenters. The quantitative estimate of drug-likeness (QED) is 0.563. The molecule has 1 atom stereocenters. The number of fused-ring (bicyclic) bond motifs is 1. The van der Waals surface area contributed by atoms with Crippen molar-refractivity contribution in [2.45, 2.75) is 17.4 Å². The van der Waals surface area contributed by atoms with Gasteiger partial charge in [0.25, 0.3) is 10.8 Å². The lowest BCUT2D eigenvalue weighted by atomic mass is 10.2. The fraction of sp³-hybridized carbons (Fsp3) is 0.111. The molecule has 25 heavy (non-hydrogen) atoms. The fourth-order valence-electron chi connectivity index (χ4n) is 2.46. The molecule has 2 aromatic carbocycles. The van der Waals surface area contributed by atoms with Crippen LogP contribution < -0.4 is 5.56 Å². The lowest BCUT2D eigenvalue weighted by molar-refractivity contribution is 0.465. The Morgan fingerprint density at radius 3 is 2.64 bits per heavy atom. The molecule has 4 aromatic rings. The summed E-state index contributed by atoms with van der Waals surface area (Å²) in [5.74, 6) is 1.04. The molecule has 2 aromatic heterocycles. The molecule has 0 bridgehead atoms. The van der Waals surface area contributed by atoms with E-state index in [0.717, 1.165) is 5.56 Å². The molecular weight excluding hydrogens is 336 g/mol. The van der Waals surface area contributed by atoms with Crippen LogP contribution in [0.5, 0.6) is 0 Å². The third-order valence-electron chi connectivity index (χ3n) is 3.72. The number of nitrogens with one attached hydrogen (secondary N) is 1. The maximum absolute atomic E-state index is 12.2. The molecule has 0 aliphatic rings. The van der Waals surface area contributed by atoms with Gasteiger partial charge in [0.2, 0.25) is 5.89 Å². The van der Waals surface area contributed by atoms with Crippen LogP contribution in [0, 0.1) is 0 Å². The lowest BCUT2D eigenvalue weighted by Gasteiger charge is -2.08. The number of nitrogens with zero attached hydrogens (tertiary/aromatic N) is 3. The second-order valence-electron chi connectivity index (χ2n) is 5.47. The predicted octanol–water partition coefficient (Wildman–Crippen LogP) is 3.83. The third-order valence-corrected chi connectivity index (χ3v) is 4.66. The average Bonchev–Trinajstić information content (AvgIpc) is 3.11. The van der Waals surface area contributed by atoms with E-state index in [-0.39, 0.29) is 10.8 Å². The summed E-state index contributed by atoms with van der Waals surface area (Å²) >= 11 is 1.36. The molecule has 0 saturated heterocycles. The van der Waals surface area contributed by atoms with E-state index >= 15 is 0 Å². The molecule has 0 aliphatic heterocycles. The van der Waals surface area contributed by atoms with Crippen LogP contribution in [0.25, 0.3) is 22.4 Å². The first-order valence-electron chi connectivity index (χ1n) is 7.75. The Morgan fingerprint density at radius 1 is 1.04 bits per heavy atom. The van der Waals surface area contributed by atoms with Crippen molar-refractivity contribution in [3.05, 3.63) is 70.8 Å². The van der Waals surface area contributed by atoms with E-state index in [1.165, 1.54) is 11.8 Å². The zero-order valence-electron chi connectivity index (χ0n) is 13.3. The molecule has 1 N–H and O–H groups in total. The van der Waals surface area contributed by atoms with Crippen molar-refractivity contribution in [2.24, 2.45) is 0 Å². The van der Waals surface area contributed by atoms with Gasteiger partial charge in [-0.1, -0.05) is 42.1 Å².